The average Bonchev–Trinajstić information content (AvgIpc) is 2.46. The summed E-state index contributed by atoms with van der Waals surface area (Å²) in [7, 11) is -3.58. The molecule has 0 bridgehead atoms. The summed E-state index contributed by atoms with van der Waals surface area (Å²) in [6.45, 7) is 4.63. The van der Waals surface area contributed by atoms with Crippen LogP contribution in [-0.2, 0) is 16.6 Å². The second-order valence-electron chi connectivity index (χ2n) is 4.62. The first-order valence-electron chi connectivity index (χ1n) is 6.78. The third-order valence-electron chi connectivity index (χ3n) is 2.93. The van der Waals surface area contributed by atoms with Gasteiger partial charge in [0.2, 0.25) is 10.0 Å². The second-order valence-corrected chi connectivity index (χ2v) is 6.36. The minimum Gasteiger partial charge on any atom is -0.384 e. The van der Waals surface area contributed by atoms with Crippen molar-refractivity contribution in [1.29, 1.82) is 0 Å². The topological polar surface area (TPSA) is 71.1 Å². The van der Waals surface area contributed by atoms with Gasteiger partial charge in [-0.3, -0.25) is 4.98 Å². The molecule has 0 saturated carbocycles. The van der Waals surface area contributed by atoms with E-state index in [9.17, 15) is 8.42 Å². The number of nitrogens with one attached hydrogen (secondary N) is 2. The van der Waals surface area contributed by atoms with Gasteiger partial charge < -0.3 is 5.32 Å². The molecule has 2 N–H and O–H groups in total. The highest BCUT2D eigenvalue weighted by atomic mass is 32.2. The van der Waals surface area contributed by atoms with Gasteiger partial charge in [-0.15, -0.1) is 0 Å². The Bertz CT molecular complexity index is 714. The number of anilines is 1. The van der Waals surface area contributed by atoms with Gasteiger partial charge in [0.1, 0.15) is 4.90 Å². The molecule has 1 aromatic heterocycles. The van der Waals surface area contributed by atoms with Crippen LogP contribution in [-0.4, -0.2) is 19.9 Å². The van der Waals surface area contributed by atoms with E-state index < -0.39 is 10.0 Å². The van der Waals surface area contributed by atoms with Crippen molar-refractivity contribution in [3.8, 4) is 0 Å². The van der Waals surface area contributed by atoms with E-state index in [1.807, 2.05) is 26.0 Å². The Balaban J connectivity index is 2.19. The maximum absolute atomic E-state index is 12.4. The summed E-state index contributed by atoms with van der Waals surface area (Å²) in [5, 5.41) is 3.05. The van der Waals surface area contributed by atoms with Gasteiger partial charge in [-0.25, -0.2) is 13.1 Å². The van der Waals surface area contributed by atoms with Crippen molar-refractivity contribution in [3.05, 3.63) is 53.9 Å². The molecule has 0 spiro atoms. The number of benzene rings is 1. The average molecular weight is 305 g/mol. The van der Waals surface area contributed by atoms with Gasteiger partial charge in [-0.2, -0.15) is 0 Å². The van der Waals surface area contributed by atoms with Crippen LogP contribution >= 0.6 is 0 Å². The molecule has 1 heterocycles. The van der Waals surface area contributed by atoms with E-state index >= 15 is 0 Å². The van der Waals surface area contributed by atoms with E-state index in [-0.39, 0.29) is 11.4 Å². The molecule has 0 saturated heterocycles. The quantitative estimate of drug-likeness (QED) is 0.859. The lowest BCUT2D eigenvalue weighted by Crippen LogP contribution is -2.24. The van der Waals surface area contributed by atoms with E-state index in [0.717, 1.165) is 5.69 Å². The van der Waals surface area contributed by atoms with Crippen LogP contribution in [0.25, 0.3) is 0 Å². The Morgan fingerprint density at radius 3 is 2.57 bits per heavy atom. The van der Waals surface area contributed by atoms with Gasteiger partial charge >= 0.3 is 0 Å². The van der Waals surface area contributed by atoms with Crippen LogP contribution < -0.4 is 10.0 Å². The van der Waals surface area contributed by atoms with Gasteiger partial charge in [-0.05, 0) is 38.1 Å². The Morgan fingerprint density at radius 2 is 1.86 bits per heavy atom. The molecule has 0 radical (unpaired) electrons. The predicted octanol–water partition coefficient (Wildman–Crippen LogP) is 2.30. The van der Waals surface area contributed by atoms with Crippen molar-refractivity contribution in [2.45, 2.75) is 25.3 Å². The third-order valence-corrected chi connectivity index (χ3v) is 4.39. The molecule has 0 aliphatic rings. The van der Waals surface area contributed by atoms with Crippen LogP contribution in [0.5, 0.6) is 0 Å². The van der Waals surface area contributed by atoms with Crippen LogP contribution in [0.3, 0.4) is 0 Å². The van der Waals surface area contributed by atoms with Crippen molar-refractivity contribution in [3.63, 3.8) is 0 Å². The summed E-state index contributed by atoms with van der Waals surface area (Å²) < 4.78 is 27.4. The molecule has 0 aliphatic carbocycles. The van der Waals surface area contributed by atoms with E-state index in [1.54, 1.807) is 30.3 Å². The number of rotatable bonds is 6. The molecule has 2 rings (SSSR count). The molecule has 0 amide bonds. The zero-order chi connectivity index (χ0) is 15.3. The van der Waals surface area contributed by atoms with E-state index in [1.165, 1.54) is 0 Å². The van der Waals surface area contributed by atoms with E-state index in [4.69, 9.17) is 0 Å². The number of hydrogen-bond acceptors (Lipinski definition) is 4. The lowest BCUT2D eigenvalue weighted by molar-refractivity contribution is 0.580. The van der Waals surface area contributed by atoms with Crippen LogP contribution in [0.15, 0.2) is 47.4 Å². The monoisotopic (exact) mass is 305 g/mol. The SMILES string of the molecule is CCNc1ccccc1S(=O)(=O)NCc1cccc(C)n1. The fourth-order valence-electron chi connectivity index (χ4n) is 1.98. The van der Waals surface area contributed by atoms with Gasteiger partial charge in [-0.1, -0.05) is 18.2 Å². The maximum atomic E-state index is 12.4. The first-order chi connectivity index (χ1) is 10.0. The standard InChI is InChI=1S/C15H19N3O2S/c1-3-16-14-9-4-5-10-15(14)21(19,20)17-11-13-8-6-7-12(2)18-13/h4-10,16-17H,3,11H2,1-2H3. The molecule has 0 aliphatic heterocycles. The summed E-state index contributed by atoms with van der Waals surface area (Å²) >= 11 is 0. The van der Waals surface area contributed by atoms with Crippen molar-refractivity contribution in [2.75, 3.05) is 11.9 Å². The zero-order valence-corrected chi connectivity index (χ0v) is 12.9. The highest BCUT2D eigenvalue weighted by Crippen LogP contribution is 2.20. The number of nitrogens with zero attached hydrogens (tertiary/aromatic N) is 1. The molecule has 1 aromatic carbocycles. The molecule has 5 nitrogen and oxygen atoms in total. The lowest BCUT2D eigenvalue weighted by atomic mass is 10.3. The van der Waals surface area contributed by atoms with Gasteiger partial charge in [0.25, 0.3) is 0 Å². The highest BCUT2D eigenvalue weighted by Gasteiger charge is 2.17. The van der Waals surface area contributed by atoms with E-state index in [2.05, 4.69) is 15.0 Å². The number of aryl methyl sites for hydroxylation is 1. The van der Waals surface area contributed by atoms with Crippen LogP contribution in [0.4, 0.5) is 5.69 Å². The Morgan fingerprint density at radius 1 is 1.10 bits per heavy atom. The second kappa shape index (κ2) is 6.69. The molecular formula is C15H19N3O2S. The van der Waals surface area contributed by atoms with E-state index in [0.29, 0.717) is 17.9 Å². The summed E-state index contributed by atoms with van der Waals surface area (Å²) in [5.74, 6) is 0. The van der Waals surface area contributed by atoms with Crippen molar-refractivity contribution < 1.29 is 8.42 Å². The predicted molar refractivity (Wildman–Crippen MR) is 83.6 cm³/mol. The minimum absolute atomic E-state index is 0.171. The molecule has 21 heavy (non-hydrogen) atoms. The van der Waals surface area contributed by atoms with Gasteiger partial charge in [0, 0.05) is 12.2 Å². The number of pyridine rings is 1. The Labute approximate surface area is 125 Å². The van der Waals surface area contributed by atoms with Gasteiger partial charge in [0.05, 0.1) is 17.9 Å². The molecular weight excluding hydrogens is 286 g/mol. The minimum atomic E-state index is -3.58. The third kappa shape index (κ3) is 4.03. The first kappa shape index (κ1) is 15.5. The molecule has 2 aromatic rings. The largest absolute Gasteiger partial charge is 0.384 e. The summed E-state index contributed by atoms with van der Waals surface area (Å²) in [6.07, 6.45) is 0. The molecule has 0 fully saturated rings. The smallest absolute Gasteiger partial charge is 0.242 e. The van der Waals surface area contributed by atoms with Crippen LogP contribution in [0.2, 0.25) is 0 Å². The summed E-state index contributed by atoms with van der Waals surface area (Å²) in [5.41, 5.74) is 2.16. The molecule has 0 atom stereocenters. The number of aromatic nitrogens is 1. The Kier molecular flexibility index (Phi) is 4.93. The highest BCUT2D eigenvalue weighted by molar-refractivity contribution is 7.89. The van der Waals surface area contributed by atoms with Gasteiger partial charge in [0.15, 0.2) is 0 Å². The fourth-order valence-corrected chi connectivity index (χ4v) is 3.16. The number of para-hydroxylation sites is 1. The Hall–Kier alpha value is -1.92. The lowest BCUT2D eigenvalue weighted by Gasteiger charge is -2.12. The first-order valence-corrected chi connectivity index (χ1v) is 8.26. The normalized spacial score (nSPS) is 11.3. The van der Waals surface area contributed by atoms with Crippen molar-refractivity contribution >= 4 is 15.7 Å². The zero-order valence-electron chi connectivity index (χ0n) is 12.1. The van der Waals surface area contributed by atoms with Crippen LogP contribution in [0.1, 0.15) is 18.3 Å². The van der Waals surface area contributed by atoms with Crippen molar-refractivity contribution in [2.24, 2.45) is 0 Å². The summed E-state index contributed by atoms with van der Waals surface area (Å²) in [6, 6.07) is 12.4. The molecule has 6 heteroatoms. The molecule has 0 unspecified atom stereocenters. The number of sulfonamides is 1. The number of hydrogen-bond donors (Lipinski definition) is 2. The molecule has 112 valence electrons. The van der Waals surface area contributed by atoms with Crippen LogP contribution in [0, 0.1) is 6.92 Å². The summed E-state index contributed by atoms with van der Waals surface area (Å²) in [4.78, 5) is 4.54. The fraction of sp³-hybridized carbons (Fsp3) is 0.267. The van der Waals surface area contributed by atoms with Crippen molar-refractivity contribution in [1.82, 2.24) is 9.71 Å². The maximum Gasteiger partial charge on any atom is 0.242 e.